The molecule has 23 heavy (non-hydrogen) atoms. The van der Waals surface area contributed by atoms with Gasteiger partial charge in [-0.15, -0.1) is 12.4 Å². The Morgan fingerprint density at radius 2 is 1.65 bits per heavy atom. The summed E-state index contributed by atoms with van der Waals surface area (Å²) < 4.78 is 5.06. The van der Waals surface area contributed by atoms with E-state index in [0.29, 0.717) is 11.4 Å². The number of methoxy groups -OCH3 is 1. The molecule has 0 saturated heterocycles. The van der Waals surface area contributed by atoms with Gasteiger partial charge in [0.1, 0.15) is 0 Å². The molecule has 0 heterocycles. The Morgan fingerprint density at radius 1 is 1.13 bits per heavy atom. The molecule has 1 aromatic rings. The van der Waals surface area contributed by atoms with Crippen molar-refractivity contribution in [3.8, 4) is 0 Å². The number of halogens is 1. The fourth-order valence-electron chi connectivity index (χ4n) is 1.75. The molecule has 1 aromatic carbocycles. The van der Waals surface area contributed by atoms with Crippen molar-refractivity contribution >= 4 is 35.7 Å². The molecule has 0 saturated carbocycles. The van der Waals surface area contributed by atoms with Gasteiger partial charge in [0.25, 0.3) is 0 Å². The molecule has 0 radical (unpaired) electrons. The van der Waals surface area contributed by atoms with Crippen LogP contribution < -0.4 is 21.7 Å². The van der Waals surface area contributed by atoms with E-state index in [9.17, 15) is 9.59 Å². The standard InChI is InChI=1S/C15H24N4O3.ClH/c1-10(2)17-15(21)19-12-6-4-11(5-7-12)18-14(20)8-13(9-16)22-3;/h4-7,10,13H,8-9,16H2,1-3H3,(H,18,20)(H2,17,19,21);1H. The van der Waals surface area contributed by atoms with Crippen molar-refractivity contribution in [2.24, 2.45) is 5.73 Å². The first kappa shape index (κ1) is 21.2. The average Bonchev–Trinajstić information content (AvgIpc) is 2.46. The normalized spacial score (nSPS) is 11.3. The van der Waals surface area contributed by atoms with Crippen LogP contribution in [0.4, 0.5) is 16.2 Å². The average molecular weight is 345 g/mol. The number of amides is 3. The van der Waals surface area contributed by atoms with Crippen molar-refractivity contribution in [2.75, 3.05) is 24.3 Å². The third-order valence-electron chi connectivity index (χ3n) is 2.86. The van der Waals surface area contributed by atoms with E-state index in [4.69, 9.17) is 10.5 Å². The van der Waals surface area contributed by atoms with Crippen LogP contribution in [0, 0.1) is 0 Å². The molecule has 0 spiro atoms. The SMILES string of the molecule is COC(CN)CC(=O)Nc1ccc(NC(=O)NC(C)C)cc1.Cl. The fraction of sp³-hybridized carbons (Fsp3) is 0.467. The zero-order valence-electron chi connectivity index (χ0n) is 13.6. The molecule has 1 atom stereocenters. The van der Waals surface area contributed by atoms with E-state index in [-0.39, 0.29) is 49.5 Å². The van der Waals surface area contributed by atoms with Crippen LogP contribution in [0.15, 0.2) is 24.3 Å². The third kappa shape index (κ3) is 8.39. The van der Waals surface area contributed by atoms with Crippen molar-refractivity contribution in [2.45, 2.75) is 32.4 Å². The second kappa shape index (κ2) is 10.8. The van der Waals surface area contributed by atoms with Crippen LogP contribution in [0.3, 0.4) is 0 Å². The van der Waals surface area contributed by atoms with Crippen LogP contribution >= 0.6 is 12.4 Å². The summed E-state index contributed by atoms with van der Waals surface area (Å²) in [5.41, 5.74) is 6.77. The minimum absolute atomic E-state index is 0. The molecule has 7 nitrogen and oxygen atoms in total. The molecule has 0 bridgehead atoms. The predicted octanol–water partition coefficient (Wildman–Crippen LogP) is 1.94. The van der Waals surface area contributed by atoms with Crippen LogP contribution in [-0.2, 0) is 9.53 Å². The summed E-state index contributed by atoms with van der Waals surface area (Å²) in [5.74, 6) is -0.171. The number of benzene rings is 1. The van der Waals surface area contributed by atoms with E-state index >= 15 is 0 Å². The van der Waals surface area contributed by atoms with E-state index in [1.165, 1.54) is 7.11 Å². The van der Waals surface area contributed by atoms with Gasteiger partial charge in [-0.2, -0.15) is 0 Å². The van der Waals surface area contributed by atoms with Gasteiger partial charge in [-0.3, -0.25) is 4.79 Å². The van der Waals surface area contributed by atoms with E-state index in [1.54, 1.807) is 24.3 Å². The first-order valence-electron chi connectivity index (χ1n) is 7.15. The Labute approximate surface area is 142 Å². The molecule has 0 aliphatic heterocycles. The number of rotatable bonds is 7. The van der Waals surface area contributed by atoms with Gasteiger partial charge in [0.05, 0.1) is 12.5 Å². The number of carbonyl (C=O) groups excluding carboxylic acids is 2. The van der Waals surface area contributed by atoms with Crippen LogP contribution in [-0.4, -0.2) is 37.7 Å². The minimum atomic E-state index is -0.291. The summed E-state index contributed by atoms with van der Waals surface area (Å²) in [7, 11) is 1.52. The summed E-state index contributed by atoms with van der Waals surface area (Å²) in [6.07, 6.45) is -0.0928. The van der Waals surface area contributed by atoms with Gasteiger partial charge in [-0.1, -0.05) is 0 Å². The first-order chi connectivity index (χ1) is 10.4. The minimum Gasteiger partial charge on any atom is -0.380 e. The Bertz CT molecular complexity index is 490. The molecule has 1 unspecified atom stereocenters. The number of carbonyl (C=O) groups is 2. The molecule has 0 aliphatic carbocycles. The highest BCUT2D eigenvalue weighted by Gasteiger charge is 2.11. The molecule has 0 aliphatic rings. The van der Waals surface area contributed by atoms with E-state index < -0.39 is 0 Å². The summed E-state index contributed by atoms with van der Waals surface area (Å²) in [5, 5.41) is 8.18. The highest BCUT2D eigenvalue weighted by Crippen LogP contribution is 2.14. The van der Waals surface area contributed by atoms with Gasteiger partial charge in [0, 0.05) is 31.1 Å². The quantitative estimate of drug-likeness (QED) is 0.606. The van der Waals surface area contributed by atoms with Gasteiger partial charge in [0.2, 0.25) is 5.91 Å². The molecule has 3 amide bonds. The smallest absolute Gasteiger partial charge is 0.319 e. The number of nitrogens with two attached hydrogens (primary N) is 1. The second-order valence-corrected chi connectivity index (χ2v) is 5.18. The van der Waals surface area contributed by atoms with Crippen LogP contribution in [0.2, 0.25) is 0 Å². The Morgan fingerprint density at radius 3 is 2.09 bits per heavy atom. The van der Waals surface area contributed by atoms with Gasteiger partial charge in [-0.05, 0) is 38.1 Å². The predicted molar refractivity (Wildman–Crippen MR) is 94.1 cm³/mol. The molecular formula is C15H25ClN4O3. The summed E-state index contributed by atoms with van der Waals surface area (Å²) in [6, 6.07) is 6.66. The zero-order chi connectivity index (χ0) is 16.5. The lowest BCUT2D eigenvalue weighted by atomic mass is 10.2. The van der Waals surface area contributed by atoms with E-state index in [2.05, 4.69) is 16.0 Å². The Kier molecular flexibility index (Phi) is 9.96. The van der Waals surface area contributed by atoms with Crippen LogP contribution in [0.1, 0.15) is 20.3 Å². The zero-order valence-corrected chi connectivity index (χ0v) is 14.4. The number of urea groups is 1. The summed E-state index contributed by atoms with van der Waals surface area (Å²) in [6.45, 7) is 4.05. The number of hydrogen-bond donors (Lipinski definition) is 4. The fourth-order valence-corrected chi connectivity index (χ4v) is 1.75. The lowest BCUT2D eigenvalue weighted by Gasteiger charge is -2.13. The van der Waals surface area contributed by atoms with Gasteiger partial charge >= 0.3 is 6.03 Å². The Balaban J connectivity index is 0.00000484. The lowest BCUT2D eigenvalue weighted by molar-refractivity contribution is -0.118. The maximum atomic E-state index is 11.8. The van der Waals surface area contributed by atoms with Crippen LogP contribution in [0.5, 0.6) is 0 Å². The third-order valence-corrected chi connectivity index (χ3v) is 2.86. The van der Waals surface area contributed by atoms with Gasteiger partial charge in [0.15, 0.2) is 0 Å². The molecule has 1 rings (SSSR count). The molecule has 0 aromatic heterocycles. The molecule has 5 N–H and O–H groups in total. The second-order valence-electron chi connectivity index (χ2n) is 5.18. The first-order valence-corrected chi connectivity index (χ1v) is 7.15. The van der Waals surface area contributed by atoms with E-state index in [1.807, 2.05) is 13.8 Å². The maximum absolute atomic E-state index is 11.8. The largest absolute Gasteiger partial charge is 0.380 e. The van der Waals surface area contributed by atoms with Crippen molar-refractivity contribution < 1.29 is 14.3 Å². The lowest BCUT2D eigenvalue weighted by Crippen LogP contribution is -2.34. The Hall–Kier alpha value is -1.83. The number of ether oxygens (including phenoxy) is 1. The van der Waals surface area contributed by atoms with Crippen LogP contribution in [0.25, 0.3) is 0 Å². The van der Waals surface area contributed by atoms with E-state index in [0.717, 1.165) is 0 Å². The highest BCUT2D eigenvalue weighted by atomic mass is 35.5. The molecular weight excluding hydrogens is 320 g/mol. The molecule has 130 valence electrons. The van der Waals surface area contributed by atoms with Crippen molar-refractivity contribution in [3.05, 3.63) is 24.3 Å². The molecule has 0 fully saturated rings. The summed E-state index contributed by atoms with van der Waals surface area (Å²) >= 11 is 0. The number of anilines is 2. The molecule has 8 heteroatoms. The number of nitrogens with one attached hydrogen (secondary N) is 3. The van der Waals surface area contributed by atoms with Crippen molar-refractivity contribution in [1.29, 1.82) is 0 Å². The van der Waals surface area contributed by atoms with Crippen molar-refractivity contribution in [1.82, 2.24) is 5.32 Å². The monoisotopic (exact) mass is 344 g/mol. The maximum Gasteiger partial charge on any atom is 0.319 e. The van der Waals surface area contributed by atoms with Gasteiger partial charge < -0.3 is 26.4 Å². The highest BCUT2D eigenvalue weighted by molar-refractivity contribution is 5.92. The topological polar surface area (TPSA) is 105 Å². The summed E-state index contributed by atoms with van der Waals surface area (Å²) in [4.78, 5) is 23.4. The van der Waals surface area contributed by atoms with Crippen molar-refractivity contribution in [3.63, 3.8) is 0 Å². The number of hydrogen-bond acceptors (Lipinski definition) is 4. The van der Waals surface area contributed by atoms with Gasteiger partial charge in [-0.25, -0.2) is 4.79 Å².